The molecule has 0 aliphatic rings. The van der Waals surface area contributed by atoms with Crippen molar-refractivity contribution in [1.82, 2.24) is 4.90 Å². The molecule has 11 heteroatoms. The first-order valence-electron chi connectivity index (χ1n) is 11.9. The fourth-order valence-electron chi connectivity index (χ4n) is 3.61. The summed E-state index contributed by atoms with van der Waals surface area (Å²) in [6.07, 6.45) is -2.04. The monoisotopic (exact) mass is 537 g/mol. The second-order valence-corrected chi connectivity index (χ2v) is 10.00. The summed E-state index contributed by atoms with van der Waals surface area (Å²) in [7, 11) is -2.92. The second kappa shape index (κ2) is 14.8. The summed E-state index contributed by atoms with van der Waals surface area (Å²) in [6.45, 7) is 5.31. The molecule has 3 atom stereocenters. The lowest BCUT2D eigenvalue weighted by atomic mass is 10.1. The van der Waals surface area contributed by atoms with Crippen LogP contribution in [0.3, 0.4) is 0 Å². The van der Waals surface area contributed by atoms with Crippen molar-refractivity contribution in [3.63, 3.8) is 0 Å². The van der Waals surface area contributed by atoms with E-state index in [-0.39, 0.29) is 18.0 Å². The Bertz CT molecular complexity index is 1090. The van der Waals surface area contributed by atoms with E-state index in [2.05, 4.69) is 0 Å². The standard InChI is InChI=1S/C26H35NO9S/c1-5-34-20(3)36-22(18-35-37(31,32)23-13-11-19(2)12-14-23)17-27(16-21-9-7-6-8-10-21)24(26(29)30)15-25(28)33-4/h6-14,20,22,24H,5,15-18H2,1-4H3,(H,29,30)/t20?,22-,24+/m1/s1. The number of hydrogen-bond acceptors (Lipinski definition) is 9. The van der Waals surface area contributed by atoms with Gasteiger partial charge in [0.05, 0.1) is 31.1 Å². The van der Waals surface area contributed by atoms with E-state index in [4.69, 9.17) is 18.4 Å². The minimum absolute atomic E-state index is 0.00930. The van der Waals surface area contributed by atoms with Crippen LogP contribution in [0.15, 0.2) is 59.5 Å². The van der Waals surface area contributed by atoms with E-state index in [1.165, 1.54) is 24.1 Å². The molecule has 2 rings (SSSR count). The van der Waals surface area contributed by atoms with Gasteiger partial charge in [0.2, 0.25) is 0 Å². The number of esters is 1. The smallest absolute Gasteiger partial charge is 0.321 e. The Kier molecular flexibility index (Phi) is 12.2. The van der Waals surface area contributed by atoms with Crippen LogP contribution in [-0.4, -0.2) is 75.7 Å². The van der Waals surface area contributed by atoms with Crippen molar-refractivity contribution in [1.29, 1.82) is 0 Å². The van der Waals surface area contributed by atoms with Crippen molar-refractivity contribution in [2.24, 2.45) is 0 Å². The molecule has 0 aliphatic heterocycles. The van der Waals surface area contributed by atoms with Gasteiger partial charge < -0.3 is 19.3 Å². The fourth-order valence-corrected chi connectivity index (χ4v) is 4.55. The molecule has 0 radical (unpaired) electrons. The van der Waals surface area contributed by atoms with Gasteiger partial charge in [-0.2, -0.15) is 8.42 Å². The number of aliphatic carboxylic acids is 1. The molecule has 0 bridgehead atoms. The molecule has 2 aromatic carbocycles. The lowest BCUT2D eigenvalue weighted by Crippen LogP contribution is -2.48. The summed E-state index contributed by atoms with van der Waals surface area (Å²) in [5.41, 5.74) is 1.69. The highest BCUT2D eigenvalue weighted by atomic mass is 32.2. The molecule has 0 spiro atoms. The molecule has 1 unspecified atom stereocenters. The SMILES string of the molecule is CCOC(C)O[C@@H](COS(=O)(=O)c1ccc(C)cc1)CN(Cc1ccccc1)[C@@H](CC(=O)OC)C(=O)O. The summed E-state index contributed by atoms with van der Waals surface area (Å²) in [6, 6.07) is 14.1. The van der Waals surface area contributed by atoms with Crippen LogP contribution in [0, 0.1) is 6.92 Å². The summed E-state index contributed by atoms with van der Waals surface area (Å²) < 4.78 is 46.9. The molecular formula is C26H35NO9S. The second-order valence-electron chi connectivity index (χ2n) is 8.38. The molecular weight excluding hydrogens is 502 g/mol. The Labute approximate surface area is 218 Å². The van der Waals surface area contributed by atoms with Crippen molar-refractivity contribution in [2.45, 2.75) is 57.1 Å². The van der Waals surface area contributed by atoms with Crippen LogP contribution in [0.25, 0.3) is 0 Å². The van der Waals surface area contributed by atoms with E-state index in [0.29, 0.717) is 6.61 Å². The zero-order valence-electron chi connectivity index (χ0n) is 21.5. The van der Waals surface area contributed by atoms with Gasteiger partial charge in [-0.25, -0.2) is 0 Å². The molecule has 0 saturated carbocycles. The summed E-state index contributed by atoms with van der Waals surface area (Å²) >= 11 is 0. The molecule has 0 amide bonds. The third kappa shape index (κ3) is 10.2. The lowest BCUT2D eigenvalue weighted by Gasteiger charge is -2.32. The summed E-state index contributed by atoms with van der Waals surface area (Å²) in [4.78, 5) is 25.7. The van der Waals surface area contributed by atoms with Crippen LogP contribution in [0.1, 0.15) is 31.4 Å². The molecule has 1 N–H and O–H groups in total. The van der Waals surface area contributed by atoms with Gasteiger partial charge in [0.1, 0.15) is 6.04 Å². The Balaban J connectivity index is 2.32. The highest BCUT2D eigenvalue weighted by Crippen LogP contribution is 2.18. The molecule has 0 aliphatic carbocycles. The maximum Gasteiger partial charge on any atom is 0.321 e. The first kappa shape index (κ1) is 30.4. The van der Waals surface area contributed by atoms with Crippen LogP contribution in [-0.2, 0) is 44.6 Å². The topological polar surface area (TPSA) is 129 Å². The molecule has 0 heterocycles. The molecule has 37 heavy (non-hydrogen) atoms. The maximum absolute atomic E-state index is 12.8. The number of ether oxygens (including phenoxy) is 3. The summed E-state index contributed by atoms with van der Waals surface area (Å²) in [5.74, 6) is -1.92. The van der Waals surface area contributed by atoms with Crippen LogP contribution in [0.4, 0.5) is 0 Å². The first-order valence-corrected chi connectivity index (χ1v) is 13.3. The maximum atomic E-state index is 12.8. The molecule has 204 valence electrons. The van der Waals surface area contributed by atoms with E-state index in [0.717, 1.165) is 11.1 Å². The normalized spacial score (nSPS) is 14.2. The Morgan fingerprint density at radius 1 is 1.05 bits per heavy atom. The number of aryl methyl sites for hydroxylation is 1. The highest BCUT2D eigenvalue weighted by Gasteiger charge is 2.32. The number of rotatable bonds is 16. The number of methoxy groups -OCH3 is 1. The van der Waals surface area contributed by atoms with Gasteiger partial charge in [0.25, 0.3) is 10.1 Å². The minimum Gasteiger partial charge on any atom is -0.480 e. The van der Waals surface area contributed by atoms with Gasteiger partial charge in [-0.05, 0) is 38.5 Å². The summed E-state index contributed by atoms with van der Waals surface area (Å²) in [5, 5.41) is 9.93. The molecule has 2 aromatic rings. The van der Waals surface area contributed by atoms with Crippen LogP contribution in [0.5, 0.6) is 0 Å². The van der Waals surface area contributed by atoms with E-state index < -0.39 is 53.5 Å². The van der Waals surface area contributed by atoms with Crippen LogP contribution >= 0.6 is 0 Å². The van der Waals surface area contributed by atoms with Crippen molar-refractivity contribution >= 4 is 22.1 Å². The minimum atomic E-state index is -4.10. The average Bonchev–Trinajstić information content (AvgIpc) is 2.86. The van der Waals surface area contributed by atoms with Crippen molar-refractivity contribution in [3.05, 3.63) is 65.7 Å². The number of hydrogen-bond donors (Lipinski definition) is 1. The number of carboxylic acid groups (broad SMARTS) is 1. The number of nitrogens with zero attached hydrogens (tertiary/aromatic N) is 1. The molecule has 0 aromatic heterocycles. The van der Waals surface area contributed by atoms with Crippen molar-refractivity contribution in [3.8, 4) is 0 Å². The predicted octanol–water partition coefficient (Wildman–Crippen LogP) is 2.99. The van der Waals surface area contributed by atoms with Crippen LogP contribution < -0.4 is 0 Å². The third-order valence-electron chi connectivity index (χ3n) is 5.48. The molecule has 0 fully saturated rings. The highest BCUT2D eigenvalue weighted by molar-refractivity contribution is 7.86. The molecule has 10 nitrogen and oxygen atoms in total. The van der Waals surface area contributed by atoms with E-state index >= 15 is 0 Å². The predicted molar refractivity (Wildman–Crippen MR) is 135 cm³/mol. The Morgan fingerprint density at radius 3 is 2.27 bits per heavy atom. The van der Waals surface area contributed by atoms with E-state index in [9.17, 15) is 23.1 Å². The zero-order valence-corrected chi connectivity index (χ0v) is 22.3. The number of carbonyl (C=O) groups is 2. The van der Waals surface area contributed by atoms with Crippen LogP contribution in [0.2, 0.25) is 0 Å². The van der Waals surface area contributed by atoms with E-state index in [1.54, 1.807) is 26.0 Å². The number of carbonyl (C=O) groups excluding carboxylic acids is 1. The van der Waals surface area contributed by atoms with Gasteiger partial charge in [-0.3, -0.25) is 18.7 Å². The molecule has 0 saturated heterocycles. The number of carboxylic acids is 1. The fraction of sp³-hybridized carbons (Fsp3) is 0.462. The van der Waals surface area contributed by atoms with Crippen molar-refractivity contribution < 1.29 is 41.5 Å². The van der Waals surface area contributed by atoms with Gasteiger partial charge >= 0.3 is 11.9 Å². The van der Waals surface area contributed by atoms with Gasteiger partial charge in [0.15, 0.2) is 6.29 Å². The average molecular weight is 538 g/mol. The van der Waals surface area contributed by atoms with Gasteiger partial charge in [0, 0.05) is 19.7 Å². The quantitative estimate of drug-likeness (QED) is 0.194. The van der Waals surface area contributed by atoms with Gasteiger partial charge in [-0.15, -0.1) is 0 Å². The lowest BCUT2D eigenvalue weighted by molar-refractivity contribution is -0.173. The zero-order chi connectivity index (χ0) is 27.4. The van der Waals surface area contributed by atoms with Gasteiger partial charge in [-0.1, -0.05) is 48.0 Å². The third-order valence-corrected chi connectivity index (χ3v) is 6.78. The largest absolute Gasteiger partial charge is 0.480 e. The Morgan fingerprint density at radius 2 is 1.70 bits per heavy atom. The van der Waals surface area contributed by atoms with E-state index in [1.807, 2.05) is 37.3 Å². The first-order chi connectivity index (χ1) is 17.6. The number of benzene rings is 2. The Hall–Kier alpha value is -2.83. The van der Waals surface area contributed by atoms with Crippen molar-refractivity contribution in [2.75, 3.05) is 26.9 Å².